The van der Waals surface area contributed by atoms with Gasteiger partial charge in [-0.3, -0.25) is 4.79 Å². The van der Waals surface area contributed by atoms with Crippen LogP contribution in [0.25, 0.3) is 0 Å². The molecular formula is C24H39NO6. The molecule has 1 fully saturated rings. The van der Waals surface area contributed by atoms with E-state index < -0.39 is 12.2 Å². The standard InChI is InChI=1S/C24H39NO6/c1-3-4-5-6-20(28)15-22(30-17(2)27)8-7-18-14-24(23(29)13-19(18)16-26)31-21-9-11-25-12-10-21/h13-14,20-22,25-26,28-29H,3-12,15-16H2,1-2H3. The third kappa shape index (κ3) is 9.05. The molecule has 0 amide bonds. The van der Waals surface area contributed by atoms with E-state index in [4.69, 9.17) is 9.47 Å². The summed E-state index contributed by atoms with van der Waals surface area (Å²) in [5.41, 5.74) is 1.47. The molecule has 1 aliphatic rings. The monoisotopic (exact) mass is 437 g/mol. The van der Waals surface area contributed by atoms with Crippen LogP contribution in [0.5, 0.6) is 11.5 Å². The maximum absolute atomic E-state index is 11.5. The van der Waals surface area contributed by atoms with E-state index in [1.165, 1.54) is 6.92 Å². The van der Waals surface area contributed by atoms with Crippen LogP contribution in [-0.4, -0.2) is 52.7 Å². The van der Waals surface area contributed by atoms with E-state index in [2.05, 4.69) is 12.2 Å². The maximum Gasteiger partial charge on any atom is 0.302 e. The lowest BCUT2D eigenvalue weighted by atomic mass is 9.97. The van der Waals surface area contributed by atoms with Crippen molar-refractivity contribution in [3.05, 3.63) is 23.3 Å². The molecule has 2 unspecified atom stereocenters. The quantitative estimate of drug-likeness (QED) is 0.277. The van der Waals surface area contributed by atoms with Crippen LogP contribution in [0.2, 0.25) is 0 Å². The van der Waals surface area contributed by atoms with Gasteiger partial charge in [0, 0.05) is 13.3 Å². The molecule has 1 aliphatic heterocycles. The average Bonchev–Trinajstić information content (AvgIpc) is 2.74. The molecule has 4 N–H and O–H groups in total. The van der Waals surface area contributed by atoms with Crippen molar-refractivity contribution in [1.82, 2.24) is 5.32 Å². The van der Waals surface area contributed by atoms with Crippen LogP contribution in [0.1, 0.15) is 76.3 Å². The van der Waals surface area contributed by atoms with Crippen molar-refractivity contribution in [3.8, 4) is 11.5 Å². The van der Waals surface area contributed by atoms with Crippen LogP contribution in [0.15, 0.2) is 12.1 Å². The Morgan fingerprint density at radius 2 is 1.94 bits per heavy atom. The number of carbonyl (C=O) groups is 1. The van der Waals surface area contributed by atoms with Gasteiger partial charge in [0.15, 0.2) is 11.5 Å². The van der Waals surface area contributed by atoms with Crippen molar-refractivity contribution >= 4 is 5.97 Å². The summed E-state index contributed by atoms with van der Waals surface area (Å²) < 4.78 is 11.5. The summed E-state index contributed by atoms with van der Waals surface area (Å²) in [7, 11) is 0. The molecule has 0 bridgehead atoms. The van der Waals surface area contributed by atoms with Crippen LogP contribution in [0.4, 0.5) is 0 Å². The summed E-state index contributed by atoms with van der Waals surface area (Å²) in [6.45, 7) is 5.07. The van der Waals surface area contributed by atoms with Gasteiger partial charge in [0.1, 0.15) is 12.2 Å². The lowest BCUT2D eigenvalue weighted by molar-refractivity contribution is -0.148. The van der Waals surface area contributed by atoms with E-state index in [1.807, 2.05) is 0 Å². The second kappa shape index (κ2) is 13.6. The number of aliphatic hydroxyl groups is 2. The third-order valence-corrected chi connectivity index (χ3v) is 5.78. The molecule has 31 heavy (non-hydrogen) atoms. The minimum Gasteiger partial charge on any atom is -0.504 e. The average molecular weight is 438 g/mol. The Labute approximate surface area is 185 Å². The normalized spacial score (nSPS) is 16.6. The smallest absolute Gasteiger partial charge is 0.302 e. The fourth-order valence-corrected chi connectivity index (χ4v) is 4.05. The molecule has 1 aromatic carbocycles. The first-order chi connectivity index (χ1) is 14.9. The van der Waals surface area contributed by atoms with Gasteiger partial charge in [-0.15, -0.1) is 0 Å². The fraction of sp³-hybridized carbons (Fsp3) is 0.708. The maximum atomic E-state index is 11.5. The molecule has 7 nitrogen and oxygen atoms in total. The molecule has 0 aliphatic carbocycles. The van der Waals surface area contributed by atoms with Crippen molar-refractivity contribution < 1.29 is 29.6 Å². The molecule has 1 heterocycles. The Hall–Kier alpha value is -1.83. The van der Waals surface area contributed by atoms with Gasteiger partial charge in [-0.2, -0.15) is 0 Å². The zero-order valence-electron chi connectivity index (χ0n) is 18.9. The van der Waals surface area contributed by atoms with Crippen LogP contribution in [0, 0.1) is 0 Å². The van der Waals surface area contributed by atoms with E-state index in [9.17, 15) is 20.1 Å². The predicted octanol–water partition coefficient (Wildman–Crippen LogP) is 3.21. The minimum atomic E-state index is -0.508. The molecule has 2 atom stereocenters. The Kier molecular flexibility index (Phi) is 11.1. The number of rotatable bonds is 13. The van der Waals surface area contributed by atoms with Crippen molar-refractivity contribution in [3.63, 3.8) is 0 Å². The van der Waals surface area contributed by atoms with E-state index >= 15 is 0 Å². The molecule has 1 saturated heterocycles. The lowest BCUT2D eigenvalue weighted by Gasteiger charge is -2.25. The molecule has 1 aromatic rings. The number of aryl methyl sites for hydroxylation is 1. The molecule has 7 heteroatoms. The number of ether oxygens (including phenoxy) is 2. The fourth-order valence-electron chi connectivity index (χ4n) is 4.05. The molecule has 2 rings (SSSR count). The highest BCUT2D eigenvalue weighted by Crippen LogP contribution is 2.33. The van der Waals surface area contributed by atoms with Gasteiger partial charge in [-0.05, 0) is 68.5 Å². The second-order valence-corrected chi connectivity index (χ2v) is 8.47. The van der Waals surface area contributed by atoms with Gasteiger partial charge in [0.25, 0.3) is 0 Å². The summed E-state index contributed by atoms with van der Waals surface area (Å²) in [5.74, 6) is 0.0747. The van der Waals surface area contributed by atoms with Crippen LogP contribution in [0.3, 0.4) is 0 Å². The SMILES string of the molecule is CCCCCC(O)CC(CCc1cc(OC2CCNCC2)c(O)cc1CO)OC(C)=O. The minimum absolute atomic E-state index is 0.0224. The van der Waals surface area contributed by atoms with E-state index in [0.29, 0.717) is 37.0 Å². The molecule has 0 aromatic heterocycles. The number of phenols is 1. The largest absolute Gasteiger partial charge is 0.504 e. The first-order valence-electron chi connectivity index (χ1n) is 11.6. The summed E-state index contributed by atoms with van der Waals surface area (Å²) in [6, 6.07) is 3.33. The highest BCUT2D eigenvalue weighted by atomic mass is 16.5. The Balaban J connectivity index is 2.04. The Morgan fingerprint density at radius 3 is 2.58 bits per heavy atom. The van der Waals surface area contributed by atoms with Gasteiger partial charge in [0.05, 0.1) is 12.7 Å². The van der Waals surface area contributed by atoms with Gasteiger partial charge >= 0.3 is 5.97 Å². The van der Waals surface area contributed by atoms with Crippen molar-refractivity contribution in [2.45, 2.75) is 96.6 Å². The topological polar surface area (TPSA) is 108 Å². The van der Waals surface area contributed by atoms with Crippen LogP contribution in [-0.2, 0) is 22.6 Å². The summed E-state index contributed by atoms with van der Waals surface area (Å²) in [4.78, 5) is 11.5. The number of carbonyl (C=O) groups excluding carboxylic acids is 1. The second-order valence-electron chi connectivity index (χ2n) is 8.47. The molecule has 0 spiro atoms. The highest BCUT2D eigenvalue weighted by molar-refractivity contribution is 5.66. The molecule has 176 valence electrons. The number of hydrogen-bond donors (Lipinski definition) is 4. The van der Waals surface area contributed by atoms with Crippen molar-refractivity contribution in [1.29, 1.82) is 0 Å². The molecule has 0 saturated carbocycles. The molecule has 0 radical (unpaired) electrons. The predicted molar refractivity (Wildman–Crippen MR) is 119 cm³/mol. The first kappa shape index (κ1) is 25.4. The summed E-state index contributed by atoms with van der Waals surface area (Å²) in [6.07, 6.45) is 6.16. The zero-order valence-corrected chi connectivity index (χ0v) is 18.9. The summed E-state index contributed by atoms with van der Waals surface area (Å²) >= 11 is 0. The van der Waals surface area contributed by atoms with Crippen molar-refractivity contribution in [2.24, 2.45) is 0 Å². The number of piperidine rings is 1. The van der Waals surface area contributed by atoms with Gasteiger partial charge < -0.3 is 30.1 Å². The Morgan fingerprint density at radius 1 is 1.19 bits per heavy atom. The number of nitrogens with one attached hydrogen (secondary N) is 1. The number of aromatic hydroxyl groups is 1. The number of aliphatic hydroxyl groups excluding tert-OH is 2. The van der Waals surface area contributed by atoms with Gasteiger partial charge in [0.2, 0.25) is 0 Å². The number of phenolic OH excluding ortho intramolecular Hbond substituents is 1. The zero-order chi connectivity index (χ0) is 22.6. The van der Waals surface area contributed by atoms with E-state index in [-0.39, 0.29) is 24.4 Å². The number of esters is 1. The number of hydrogen-bond acceptors (Lipinski definition) is 7. The lowest BCUT2D eigenvalue weighted by Crippen LogP contribution is -2.34. The van der Waals surface area contributed by atoms with Gasteiger partial charge in [-0.1, -0.05) is 26.2 Å². The van der Waals surface area contributed by atoms with Crippen LogP contribution >= 0.6 is 0 Å². The first-order valence-corrected chi connectivity index (χ1v) is 11.6. The Bertz CT molecular complexity index is 674. The highest BCUT2D eigenvalue weighted by Gasteiger charge is 2.21. The summed E-state index contributed by atoms with van der Waals surface area (Å²) in [5, 5.41) is 33.7. The van der Waals surface area contributed by atoms with Crippen LogP contribution < -0.4 is 10.1 Å². The number of benzene rings is 1. The van der Waals surface area contributed by atoms with Gasteiger partial charge in [-0.25, -0.2) is 0 Å². The molecular weight excluding hydrogens is 398 g/mol. The van der Waals surface area contributed by atoms with Crippen molar-refractivity contribution in [2.75, 3.05) is 13.1 Å². The van der Waals surface area contributed by atoms with E-state index in [1.54, 1.807) is 12.1 Å². The van der Waals surface area contributed by atoms with E-state index in [0.717, 1.165) is 50.8 Å². The third-order valence-electron chi connectivity index (χ3n) is 5.78. The number of unbranched alkanes of at least 4 members (excludes halogenated alkanes) is 2.